The summed E-state index contributed by atoms with van der Waals surface area (Å²) in [6.45, 7) is 3.48. The number of anilines is 3. The van der Waals surface area contributed by atoms with Gasteiger partial charge < -0.3 is 19.9 Å². The molecule has 2 aliphatic rings. The number of rotatable bonds is 4. The van der Waals surface area contributed by atoms with Crippen molar-refractivity contribution in [2.45, 2.75) is 12.8 Å². The van der Waals surface area contributed by atoms with Crippen molar-refractivity contribution in [3.05, 3.63) is 53.1 Å². The maximum Gasteiger partial charge on any atom is 0.257 e. The molecule has 2 aromatic carbocycles. The number of hydrogen-bond donors (Lipinski definition) is 1. The van der Waals surface area contributed by atoms with Gasteiger partial charge in [-0.3, -0.25) is 9.59 Å². The Bertz CT molecular complexity index is 896. The minimum atomic E-state index is -0.228. The van der Waals surface area contributed by atoms with Crippen LogP contribution in [0.4, 0.5) is 17.1 Å². The van der Waals surface area contributed by atoms with E-state index in [0.717, 1.165) is 30.9 Å². The van der Waals surface area contributed by atoms with E-state index < -0.39 is 0 Å². The Balaban J connectivity index is 1.58. The van der Waals surface area contributed by atoms with Crippen LogP contribution in [0.25, 0.3) is 0 Å². The molecule has 0 aliphatic carbocycles. The first kappa shape index (κ1) is 18.8. The van der Waals surface area contributed by atoms with Gasteiger partial charge in [0.15, 0.2) is 0 Å². The van der Waals surface area contributed by atoms with E-state index in [-0.39, 0.29) is 11.8 Å². The third-order valence-corrected chi connectivity index (χ3v) is 5.41. The van der Waals surface area contributed by atoms with Crippen molar-refractivity contribution in [3.63, 3.8) is 0 Å². The number of halogens is 1. The molecule has 0 aromatic heterocycles. The van der Waals surface area contributed by atoms with Crippen LogP contribution in [-0.2, 0) is 9.53 Å². The first-order valence-corrected chi connectivity index (χ1v) is 9.84. The van der Waals surface area contributed by atoms with Crippen LogP contribution >= 0.6 is 11.6 Å². The largest absolute Gasteiger partial charge is 0.378 e. The number of carbonyl (C=O) groups is 2. The topological polar surface area (TPSA) is 61.9 Å². The minimum Gasteiger partial charge on any atom is -0.378 e. The number of amides is 2. The molecule has 1 N–H and O–H groups in total. The number of nitrogens with one attached hydrogen (secondary N) is 1. The van der Waals surface area contributed by atoms with Crippen LogP contribution in [0.2, 0.25) is 5.02 Å². The van der Waals surface area contributed by atoms with Crippen molar-refractivity contribution in [1.82, 2.24) is 0 Å². The predicted octanol–water partition coefficient (Wildman–Crippen LogP) is 3.56. The first-order valence-electron chi connectivity index (χ1n) is 9.46. The summed E-state index contributed by atoms with van der Waals surface area (Å²) in [5.74, 6) is -0.133. The van der Waals surface area contributed by atoms with Gasteiger partial charge >= 0.3 is 0 Å². The van der Waals surface area contributed by atoms with Crippen molar-refractivity contribution in [2.75, 3.05) is 48.0 Å². The van der Waals surface area contributed by atoms with Gasteiger partial charge in [0.25, 0.3) is 5.91 Å². The molecule has 0 spiro atoms. The van der Waals surface area contributed by atoms with Crippen LogP contribution in [0.3, 0.4) is 0 Å². The molecule has 146 valence electrons. The average Bonchev–Trinajstić information content (AvgIpc) is 3.16. The molecule has 0 radical (unpaired) electrons. The van der Waals surface area contributed by atoms with Crippen molar-refractivity contribution in [3.8, 4) is 0 Å². The Labute approximate surface area is 169 Å². The highest BCUT2D eigenvalue weighted by Gasteiger charge is 2.23. The molecule has 2 fully saturated rings. The molecule has 6 nitrogen and oxygen atoms in total. The maximum atomic E-state index is 13.0. The van der Waals surface area contributed by atoms with Crippen LogP contribution in [0.5, 0.6) is 0 Å². The molecule has 2 amide bonds. The zero-order valence-corrected chi connectivity index (χ0v) is 16.2. The van der Waals surface area contributed by atoms with Gasteiger partial charge in [-0.2, -0.15) is 0 Å². The quantitative estimate of drug-likeness (QED) is 0.854. The van der Waals surface area contributed by atoms with E-state index in [1.807, 2.05) is 30.3 Å². The minimum absolute atomic E-state index is 0.0947. The number of para-hydroxylation sites is 1. The van der Waals surface area contributed by atoms with Gasteiger partial charge in [-0.1, -0.05) is 23.7 Å². The summed E-state index contributed by atoms with van der Waals surface area (Å²) >= 11 is 6.31. The van der Waals surface area contributed by atoms with Crippen LogP contribution in [0.1, 0.15) is 23.2 Å². The third-order valence-electron chi connectivity index (χ3n) is 5.08. The first-order chi connectivity index (χ1) is 13.6. The lowest BCUT2D eigenvalue weighted by Crippen LogP contribution is -2.37. The standard InChI is InChI=1S/C21H22ClN3O3/c22-17-8-7-15(25-9-3-6-20(25)26)14-18(17)23-21(27)16-4-1-2-5-19(16)24-10-12-28-13-11-24/h1-2,4-5,7-8,14H,3,6,9-13H2,(H,23,27). The van der Waals surface area contributed by atoms with Gasteiger partial charge in [0.2, 0.25) is 5.91 Å². The normalized spacial score (nSPS) is 17.1. The van der Waals surface area contributed by atoms with E-state index in [0.29, 0.717) is 42.5 Å². The smallest absolute Gasteiger partial charge is 0.257 e. The number of hydrogen-bond acceptors (Lipinski definition) is 4. The second-order valence-electron chi connectivity index (χ2n) is 6.88. The molecule has 2 aromatic rings. The summed E-state index contributed by atoms with van der Waals surface area (Å²) in [7, 11) is 0. The lowest BCUT2D eigenvalue weighted by Gasteiger charge is -2.30. The Morgan fingerprint density at radius 1 is 1.07 bits per heavy atom. The Morgan fingerprint density at radius 2 is 1.86 bits per heavy atom. The fourth-order valence-electron chi connectivity index (χ4n) is 3.63. The van der Waals surface area contributed by atoms with Gasteiger partial charge in [0, 0.05) is 37.4 Å². The fraction of sp³-hybridized carbons (Fsp3) is 0.333. The second-order valence-corrected chi connectivity index (χ2v) is 7.29. The summed E-state index contributed by atoms with van der Waals surface area (Å²) in [4.78, 5) is 28.9. The highest BCUT2D eigenvalue weighted by Crippen LogP contribution is 2.31. The summed E-state index contributed by atoms with van der Waals surface area (Å²) in [5, 5.41) is 3.36. The molecule has 2 saturated heterocycles. The molecular formula is C21H22ClN3O3. The number of carbonyl (C=O) groups excluding carboxylic acids is 2. The number of morpholine rings is 1. The van der Waals surface area contributed by atoms with Crippen molar-refractivity contribution in [1.29, 1.82) is 0 Å². The fourth-order valence-corrected chi connectivity index (χ4v) is 3.80. The van der Waals surface area contributed by atoms with Gasteiger partial charge in [0.05, 0.1) is 29.5 Å². The van der Waals surface area contributed by atoms with E-state index in [1.54, 1.807) is 17.0 Å². The van der Waals surface area contributed by atoms with Crippen molar-refractivity contribution >= 4 is 40.5 Å². The zero-order valence-electron chi connectivity index (χ0n) is 15.5. The second kappa shape index (κ2) is 8.20. The lowest BCUT2D eigenvalue weighted by atomic mass is 10.1. The summed E-state index contributed by atoms with van der Waals surface area (Å²) in [6, 6.07) is 12.8. The molecule has 2 heterocycles. The molecule has 0 atom stereocenters. The van der Waals surface area contributed by atoms with Crippen LogP contribution in [-0.4, -0.2) is 44.7 Å². The van der Waals surface area contributed by atoms with Gasteiger partial charge in [-0.25, -0.2) is 0 Å². The van der Waals surface area contributed by atoms with Crippen molar-refractivity contribution in [2.24, 2.45) is 0 Å². The van der Waals surface area contributed by atoms with Gasteiger partial charge in [-0.15, -0.1) is 0 Å². The average molecular weight is 400 g/mol. The monoisotopic (exact) mass is 399 g/mol. The Morgan fingerprint density at radius 3 is 2.61 bits per heavy atom. The molecule has 0 unspecified atom stereocenters. The summed E-state index contributed by atoms with van der Waals surface area (Å²) in [6.07, 6.45) is 1.40. The lowest BCUT2D eigenvalue weighted by molar-refractivity contribution is -0.117. The number of ether oxygens (including phenoxy) is 1. The van der Waals surface area contributed by atoms with Gasteiger partial charge in [-0.05, 0) is 36.8 Å². The van der Waals surface area contributed by atoms with Gasteiger partial charge in [0.1, 0.15) is 0 Å². The summed E-state index contributed by atoms with van der Waals surface area (Å²) < 4.78 is 5.41. The Hall–Kier alpha value is -2.57. The van der Waals surface area contributed by atoms with E-state index in [2.05, 4.69) is 10.2 Å². The highest BCUT2D eigenvalue weighted by atomic mass is 35.5. The van der Waals surface area contributed by atoms with Crippen LogP contribution < -0.4 is 15.1 Å². The van der Waals surface area contributed by atoms with E-state index in [1.165, 1.54) is 0 Å². The molecule has 2 aliphatic heterocycles. The molecule has 0 bridgehead atoms. The maximum absolute atomic E-state index is 13.0. The van der Waals surface area contributed by atoms with Crippen molar-refractivity contribution < 1.29 is 14.3 Å². The molecule has 0 saturated carbocycles. The van der Waals surface area contributed by atoms with Crippen LogP contribution in [0, 0.1) is 0 Å². The third kappa shape index (κ3) is 3.84. The molecule has 7 heteroatoms. The van der Waals surface area contributed by atoms with Crippen LogP contribution in [0.15, 0.2) is 42.5 Å². The number of nitrogens with zero attached hydrogens (tertiary/aromatic N) is 2. The summed E-state index contributed by atoms with van der Waals surface area (Å²) in [5.41, 5.74) is 2.72. The molecule has 4 rings (SSSR count). The zero-order chi connectivity index (χ0) is 19.5. The SMILES string of the molecule is O=C(Nc1cc(N2CCCC2=O)ccc1Cl)c1ccccc1N1CCOCC1. The molecule has 28 heavy (non-hydrogen) atoms. The van der Waals surface area contributed by atoms with E-state index >= 15 is 0 Å². The van der Waals surface area contributed by atoms with E-state index in [9.17, 15) is 9.59 Å². The number of benzene rings is 2. The Kier molecular flexibility index (Phi) is 5.50. The predicted molar refractivity (Wildman–Crippen MR) is 110 cm³/mol. The highest BCUT2D eigenvalue weighted by molar-refractivity contribution is 6.34. The molecular weight excluding hydrogens is 378 g/mol. The van der Waals surface area contributed by atoms with E-state index in [4.69, 9.17) is 16.3 Å².